The first-order valence-electron chi connectivity index (χ1n) is 7.28. The van der Waals surface area contributed by atoms with Gasteiger partial charge >= 0.3 is 0 Å². The van der Waals surface area contributed by atoms with Gasteiger partial charge in [0.2, 0.25) is 15.9 Å². The van der Waals surface area contributed by atoms with Gasteiger partial charge in [-0.05, 0) is 29.8 Å². The van der Waals surface area contributed by atoms with E-state index in [9.17, 15) is 17.6 Å². The molecule has 24 heavy (non-hydrogen) atoms. The van der Waals surface area contributed by atoms with Crippen molar-refractivity contribution in [2.75, 3.05) is 10.5 Å². The number of benzene rings is 1. The number of anilines is 1. The lowest BCUT2D eigenvalue weighted by atomic mass is 10.2. The molecule has 8 heteroatoms. The summed E-state index contributed by atoms with van der Waals surface area (Å²) in [5.74, 6) is -2.09. The van der Waals surface area contributed by atoms with Crippen molar-refractivity contribution in [1.82, 2.24) is 10.3 Å². The molecule has 2 rings (SSSR count). The van der Waals surface area contributed by atoms with Crippen molar-refractivity contribution < 1.29 is 17.6 Å². The lowest BCUT2D eigenvalue weighted by Crippen LogP contribution is -2.34. The van der Waals surface area contributed by atoms with Crippen LogP contribution in [-0.2, 0) is 21.4 Å². The number of hydrogen-bond acceptors (Lipinski definition) is 4. The second-order valence-electron chi connectivity index (χ2n) is 5.37. The van der Waals surface area contributed by atoms with Gasteiger partial charge in [-0.25, -0.2) is 12.8 Å². The van der Waals surface area contributed by atoms with Gasteiger partial charge in [0.15, 0.2) is 0 Å². The van der Waals surface area contributed by atoms with E-state index in [1.807, 2.05) is 0 Å². The van der Waals surface area contributed by atoms with Crippen LogP contribution in [0.15, 0.2) is 48.8 Å². The Kier molecular flexibility index (Phi) is 5.86. The lowest BCUT2D eigenvalue weighted by molar-refractivity contribution is -0.124. The van der Waals surface area contributed by atoms with Gasteiger partial charge in [0, 0.05) is 18.9 Å². The minimum Gasteiger partial charge on any atom is -0.352 e. The van der Waals surface area contributed by atoms with Crippen molar-refractivity contribution in [3.05, 3.63) is 60.2 Å². The number of pyridine rings is 1. The van der Waals surface area contributed by atoms with Gasteiger partial charge in [-0.15, -0.1) is 0 Å². The molecule has 1 heterocycles. The molecule has 1 amide bonds. The molecule has 1 aromatic heterocycles. The van der Waals surface area contributed by atoms with E-state index in [4.69, 9.17) is 0 Å². The first-order chi connectivity index (χ1) is 11.4. The smallest absolute Gasteiger partial charge is 0.233 e. The minimum atomic E-state index is -3.77. The molecule has 1 unspecified atom stereocenters. The summed E-state index contributed by atoms with van der Waals surface area (Å²) in [5, 5.41) is 2.66. The molecule has 128 valence electrons. The SMILES string of the molecule is CC(CS(=O)(=O)Nc1cccc(F)c1)C(=O)NCc1cccnc1. The molecule has 0 spiro atoms. The number of nitrogens with one attached hydrogen (secondary N) is 2. The third-order valence-corrected chi connectivity index (χ3v) is 4.69. The van der Waals surface area contributed by atoms with E-state index < -0.39 is 27.5 Å². The number of carbonyl (C=O) groups is 1. The van der Waals surface area contributed by atoms with E-state index in [-0.39, 0.29) is 18.1 Å². The van der Waals surface area contributed by atoms with E-state index >= 15 is 0 Å². The van der Waals surface area contributed by atoms with Crippen LogP contribution in [0.25, 0.3) is 0 Å². The molecule has 6 nitrogen and oxygen atoms in total. The molecule has 2 N–H and O–H groups in total. The van der Waals surface area contributed by atoms with E-state index in [0.29, 0.717) is 0 Å². The number of carbonyl (C=O) groups excluding carboxylic acids is 1. The first kappa shape index (κ1) is 17.9. The fourth-order valence-electron chi connectivity index (χ4n) is 2.04. The zero-order chi connectivity index (χ0) is 17.6. The monoisotopic (exact) mass is 351 g/mol. The zero-order valence-corrected chi connectivity index (χ0v) is 13.9. The van der Waals surface area contributed by atoms with Crippen molar-refractivity contribution >= 4 is 21.6 Å². The number of halogens is 1. The number of amides is 1. The van der Waals surface area contributed by atoms with Crippen LogP contribution in [0, 0.1) is 11.7 Å². The molecule has 2 aromatic rings. The highest BCUT2D eigenvalue weighted by Crippen LogP contribution is 2.13. The van der Waals surface area contributed by atoms with Crippen molar-refractivity contribution in [3.8, 4) is 0 Å². The van der Waals surface area contributed by atoms with Gasteiger partial charge in [-0.2, -0.15) is 0 Å². The maximum Gasteiger partial charge on any atom is 0.233 e. The summed E-state index contributed by atoms with van der Waals surface area (Å²) < 4.78 is 39.5. The Morgan fingerprint density at radius 3 is 2.75 bits per heavy atom. The summed E-state index contributed by atoms with van der Waals surface area (Å²) >= 11 is 0. The molecule has 0 aliphatic heterocycles. The molecule has 0 aliphatic rings. The maximum absolute atomic E-state index is 13.1. The molecule has 0 bridgehead atoms. The highest BCUT2D eigenvalue weighted by molar-refractivity contribution is 7.92. The Bertz CT molecular complexity index is 797. The topological polar surface area (TPSA) is 88.2 Å². The van der Waals surface area contributed by atoms with Gasteiger partial charge < -0.3 is 5.32 Å². The highest BCUT2D eigenvalue weighted by Gasteiger charge is 2.21. The fourth-order valence-corrected chi connectivity index (χ4v) is 3.42. The van der Waals surface area contributed by atoms with Crippen LogP contribution in [0.5, 0.6) is 0 Å². The van der Waals surface area contributed by atoms with Gasteiger partial charge in [0.05, 0.1) is 17.4 Å². The molecule has 1 atom stereocenters. The van der Waals surface area contributed by atoms with E-state index in [1.54, 1.807) is 24.5 Å². The Labute approximate surface area is 140 Å². The van der Waals surface area contributed by atoms with Crippen LogP contribution in [0.4, 0.5) is 10.1 Å². The number of rotatable bonds is 7. The first-order valence-corrected chi connectivity index (χ1v) is 8.93. The summed E-state index contributed by atoms with van der Waals surface area (Å²) in [6, 6.07) is 8.68. The molecular weight excluding hydrogens is 333 g/mol. The largest absolute Gasteiger partial charge is 0.352 e. The Balaban J connectivity index is 1.89. The fraction of sp³-hybridized carbons (Fsp3) is 0.250. The van der Waals surface area contributed by atoms with Crippen LogP contribution < -0.4 is 10.0 Å². The normalized spacial score (nSPS) is 12.4. The van der Waals surface area contributed by atoms with Gasteiger partial charge in [0.1, 0.15) is 5.82 Å². The number of aromatic nitrogens is 1. The van der Waals surface area contributed by atoms with Crippen LogP contribution in [0.3, 0.4) is 0 Å². The molecule has 1 aromatic carbocycles. The van der Waals surface area contributed by atoms with E-state index in [0.717, 1.165) is 11.6 Å². The third kappa shape index (κ3) is 5.62. The maximum atomic E-state index is 13.1. The van der Waals surface area contributed by atoms with Gasteiger partial charge in [-0.1, -0.05) is 19.1 Å². The van der Waals surface area contributed by atoms with Crippen LogP contribution in [0.2, 0.25) is 0 Å². The van der Waals surface area contributed by atoms with Crippen molar-refractivity contribution in [2.24, 2.45) is 5.92 Å². The number of hydrogen-bond donors (Lipinski definition) is 2. The molecule has 0 saturated carbocycles. The van der Waals surface area contributed by atoms with Crippen LogP contribution >= 0.6 is 0 Å². The number of sulfonamides is 1. The molecule has 0 aliphatic carbocycles. The quantitative estimate of drug-likeness (QED) is 0.798. The highest BCUT2D eigenvalue weighted by atomic mass is 32.2. The molecular formula is C16H18FN3O3S. The Morgan fingerprint density at radius 1 is 1.29 bits per heavy atom. The van der Waals surface area contributed by atoms with E-state index in [2.05, 4.69) is 15.0 Å². The van der Waals surface area contributed by atoms with Crippen molar-refractivity contribution in [3.63, 3.8) is 0 Å². The van der Waals surface area contributed by atoms with Gasteiger partial charge in [0.25, 0.3) is 0 Å². The standard InChI is InChI=1S/C16H18FN3O3S/c1-12(16(21)19-10-13-4-3-7-18-9-13)11-24(22,23)20-15-6-2-5-14(17)8-15/h2-9,12,20H,10-11H2,1H3,(H,19,21). The second kappa shape index (κ2) is 7.87. The molecule has 0 fully saturated rings. The minimum absolute atomic E-state index is 0.123. The predicted octanol–water partition coefficient (Wildman–Crippen LogP) is 1.91. The lowest BCUT2D eigenvalue weighted by Gasteiger charge is -2.14. The molecule has 0 saturated heterocycles. The summed E-state index contributed by atoms with van der Waals surface area (Å²) in [6.07, 6.45) is 3.24. The molecule has 0 radical (unpaired) electrons. The van der Waals surface area contributed by atoms with Crippen LogP contribution in [0.1, 0.15) is 12.5 Å². The summed E-state index contributed by atoms with van der Waals surface area (Å²) in [5.41, 5.74) is 0.941. The van der Waals surface area contributed by atoms with Crippen molar-refractivity contribution in [1.29, 1.82) is 0 Å². The Hall–Kier alpha value is -2.48. The third-order valence-electron chi connectivity index (χ3n) is 3.20. The zero-order valence-electron chi connectivity index (χ0n) is 13.1. The van der Waals surface area contributed by atoms with Gasteiger partial charge in [-0.3, -0.25) is 14.5 Å². The number of nitrogens with zero attached hydrogens (tertiary/aromatic N) is 1. The Morgan fingerprint density at radius 2 is 2.08 bits per heavy atom. The summed E-state index contributed by atoms with van der Waals surface area (Å²) in [4.78, 5) is 15.9. The van der Waals surface area contributed by atoms with E-state index in [1.165, 1.54) is 25.1 Å². The second-order valence-corrected chi connectivity index (χ2v) is 7.14. The van der Waals surface area contributed by atoms with Crippen LogP contribution in [-0.4, -0.2) is 25.1 Å². The predicted molar refractivity (Wildman–Crippen MR) is 89.1 cm³/mol. The van der Waals surface area contributed by atoms with Crippen molar-refractivity contribution in [2.45, 2.75) is 13.5 Å². The average molecular weight is 351 g/mol. The summed E-state index contributed by atoms with van der Waals surface area (Å²) in [7, 11) is -3.77. The average Bonchev–Trinajstić information content (AvgIpc) is 2.52. The summed E-state index contributed by atoms with van der Waals surface area (Å²) in [6.45, 7) is 1.79.